The summed E-state index contributed by atoms with van der Waals surface area (Å²) in [6.07, 6.45) is 6.85. The van der Waals surface area contributed by atoms with E-state index >= 15 is 0 Å². The zero-order chi connectivity index (χ0) is 13.2. The van der Waals surface area contributed by atoms with Gasteiger partial charge in [0.25, 0.3) is 0 Å². The van der Waals surface area contributed by atoms with Crippen molar-refractivity contribution in [1.82, 2.24) is 15.5 Å². The lowest BCUT2D eigenvalue weighted by atomic mass is 10.0. The number of amides is 1. The Kier molecular flexibility index (Phi) is 8.01. The molecule has 0 aliphatic carbocycles. The topological polar surface area (TPSA) is 44.4 Å². The lowest BCUT2D eigenvalue weighted by molar-refractivity contribution is -0.120. The van der Waals surface area contributed by atoms with E-state index in [0.717, 1.165) is 32.1 Å². The number of likely N-dealkylation sites (tertiary alicyclic amines) is 1. The van der Waals surface area contributed by atoms with Gasteiger partial charge in [-0.3, -0.25) is 4.79 Å². The smallest absolute Gasteiger partial charge is 0.221 e. The molecule has 18 heavy (non-hydrogen) atoms. The zero-order valence-corrected chi connectivity index (χ0v) is 12.0. The quantitative estimate of drug-likeness (QED) is 0.644. The van der Waals surface area contributed by atoms with Gasteiger partial charge in [-0.2, -0.15) is 0 Å². The highest BCUT2D eigenvalue weighted by molar-refractivity contribution is 5.75. The first-order valence-electron chi connectivity index (χ1n) is 7.41. The SMILES string of the molecule is CCCNC(=O)CCNCCC1CCCCN1C. The minimum Gasteiger partial charge on any atom is -0.356 e. The molecule has 1 heterocycles. The van der Waals surface area contributed by atoms with Crippen LogP contribution in [0.5, 0.6) is 0 Å². The average molecular weight is 255 g/mol. The lowest BCUT2D eigenvalue weighted by Crippen LogP contribution is -2.38. The first-order valence-corrected chi connectivity index (χ1v) is 7.41. The molecule has 1 fully saturated rings. The van der Waals surface area contributed by atoms with Gasteiger partial charge in [-0.05, 0) is 45.8 Å². The predicted octanol–water partition coefficient (Wildman–Crippen LogP) is 1.37. The molecule has 1 aliphatic rings. The molecule has 1 unspecified atom stereocenters. The van der Waals surface area contributed by atoms with Gasteiger partial charge >= 0.3 is 0 Å². The number of nitrogens with one attached hydrogen (secondary N) is 2. The molecule has 0 saturated carbocycles. The van der Waals surface area contributed by atoms with Crippen LogP contribution in [-0.2, 0) is 4.79 Å². The summed E-state index contributed by atoms with van der Waals surface area (Å²) in [6.45, 7) is 5.93. The fourth-order valence-electron chi connectivity index (χ4n) is 2.46. The fraction of sp³-hybridized carbons (Fsp3) is 0.929. The fourth-order valence-corrected chi connectivity index (χ4v) is 2.46. The highest BCUT2D eigenvalue weighted by atomic mass is 16.1. The van der Waals surface area contributed by atoms with E-state index in [-0.39, 0.29) is 5.91 Å². The van der Waals surface area contributed by atoms with E-state index in [1.54, 1.807) is 0 Å². The third-order valence-corrected chi connectivity index (χ3v) is 3.68. The molecule has 4 nitrogen and oxygen atoms in total. The molecular formula is C14H29N3O. The van der Waals surface area contributed by atoms with E-state index in [0.29, 0.717) is 6.42 Å². The van der Waals surface area contributed by atoms with Gasteiger partial charge < -0.3 is 15.5 Å². The van der Waals surface area contributed by atoms with Crippen LogP contribution in [0.2, 0.25) is 0 Å². The van der Waals surface area contributed by atoms with Crippen LogP contribution < -0.4 is 10.6 Å². The van der Waals surface area contributed by atoms with E-state index in [2.05, 4.69) is 29.5 Å². The molecule has 1 atom stereocenters. The summed E-state index contributed by atoms with van der Waals surface area (Å²) >= 11 is 0. The number of hydrogen-bond acceptors (Lipinski definition) is 3. The molecule has 0 radical (unpaired) electrons. The van der Waals surface area contributed by atoms with Crippen molar-refractivity contribution in [3.63, 3.8) is 0 Å². The third kappa shape index (κ3) is 6.36. The Hall–Kier alpha value is -0.610. The van der Waals surface area contributed by atoms with Crippen LogP contribution in [-0.4, -0.2) is 50.1 Å². The second-order valence-electron chi connectivity index (χ2n) is 5.27. The Bertz CT molecular complexity index is 233. The second-order valence-corrected chi connectivity index (χ2v) is 5.27. The normalized spacial score (nSPS) is 20.9. The van der Waals surface area contributed by atoms with E-state index in [9.17, 15) is 4.79 Å². The van der Waals surface area contributed by atoms with Crippen molar-refractivity contribution in [2.45, 2.75) is 51.5 Å². The van der Waals surface area contributed by atoms with Crippen molar-refractivity contribution in [2.75, 3.05) is 33.2 Å². The van der Waals surface area contributed by atoms with Crippen LogP contribution in [0.4, 0.5) is 0 Å². The maximum absolute atomic E-state index is 11.4. The van der Waals surface area contributed by atoms with Crippen LogP contribution in [0.3, 0.4) is 0 Å². The monoisotopic (exact) mass is 255 g/mol. The first kappa shape index (κ1) is 15.4. The van der Waals surface area contributed by atoms with Gasteiger partial charge in [-0.25, -0.2) is 0 Å². The molecule has 0 aromatic rings. The number of carbonyl (C=O) groups is 1. The van der Waals surface area contributed by atoms with Crippen molar-refractivity contribution in [1.29, 1.82) is 0 Å². The van der Waals surface area contributed by atoms with Gasteiger partial charge in [0, 0.05) is 25.6 Å². The summed E-state index contributed by atoms with van der Waals surface area (Å²) in [5, 5.41) is 6.27. The molecule has 1 rings (SSSR count). The van der Waals surface area contributed by atoms with E-state index < -0.39 is 0 Å². The van der Waals surface area contributed by atoms with Crippen molar-refractivity contribution in [3.05, 3.63) is 0 Å². The van der Waals surface area contributed by atoms with E-state index in [1.165, 1.54) is 32.2 Å². The molecule has 2 N–H and O–H groups in total. The highest BCUT2D eigenvalue weighted by Gasteiger charge is 2.17. The van der Waals surface area contributed by atoms with Crippen molar-refractivity contribution in [3.8, 4) is 0 Å². The summed E-state index contributed by atoms with van der Waals surface area (Å²) < 4.78 is 0. The summed E-state index contributed by atoms with van der Waals surface area (Å²) in [5.74, 6) is 0.166. The van der Waals surface area contributed by atoms with Crippen LogP contribution >= 0.6 is 0 Å². The number of rotatable bonds is 8. The number of carbonyl (C=O) groups excluding carboxylic acids is 1. The maximum atomic E-state index is 11.4. The Balaban J connectivity index is 1.96. The Morgan fingerprint density at radius 1 is 1.28 bits per heavy atom. The Morgan fingerprint density at radius 2 is 2.11 bits per heavy atom. The summed E-state index contributed by atoms with van der Waals surface area (Å²) in [7, 11) is 2.22. The molecule has 1 amide bonds. The molecule has 0 spiro atoms. The summed E-state index contributed by atoms with van der Waals surface area (Å²) in [4.78, 5) is 13.8. The predicted molar refractivity (Wildman–Crippen MR) is 75.7 cm³/mol. The number of nitrogens with zero attached hydrogens (tertiary/aromatic N) is 1. The van der Waals surface area contributed by atoms with Crippen LogP contribution in [0, 0.1) is 0 Å². The molecule has 0 aromatic heterocycles. The molecule has 1 saturated heterocycles. The van der Waals surface area contributed by atoms with Gasteiger partial charge in [0.05, 0.1) is 0 Å². The first-order chi connectivity index (χ1) is 8.74. The maximum Gasteiger partial charge on any atom is 0.221 e. The third-order valence-electron chi connectivity index (χ3n) is 3.68. The van der Waals surface area contributed by atoms with E-state index in [4.69, 9.17) is 0 Å². The molecule has 4 heteroatoms. The molecule has 106 valence electrons. The Morgan fingerprint density at radius 3 is 2.83 bits per heavy atom. The van der Waals surface area contributed by atoms with Crippen molar-refractivity contribution in [2.24, 2.45) is 0 Å². The van der Waals surface area contributed by atoms with Gasteiger partial charge in [-0.15, -0.1) is 0 Å². The minimum absolute atomic E-state index is 0.166. The largest absolute Gasteiger partial charge is 0.356 e. The van der Waals surface area contributed by atoms with Gasteiger partial charge in [0.1, 0.15) is 0 Å². The van der Waals surface area contributed by atoms with E-state index in [1.807, 2.05) is 0 Å². The Labute approximate surface area is 111 Å². The summed E-state index contributed by atoms with van der Waals surface area (Å²) in [5.41, 5.74) is 0. The number of piperidine rings is 1. The molecular weight excluding hydrogens is 226 g/mol. The van der Waals surface area contributed by atoms with Crippen molar-refractivity contribution >= 4 is 5.91 Å². The van der Waals surface area contributed by atoms with Gasteiger partial charge in [0.2, 0.25) is 5.91 Å². The molecule has 0 aromatic carbocycles. The minimum atomic E-state index is 0.166. The lowest BCUT2D eigenvalue weighted by Gasteiger charge is -2.32. The van der Waals surface area contributed by atoms with Gasteiger partial charge in [0.15, 0.2) is 0 Å². The van der Waals surface area contributed by atoms with Crippen LogP contribution in [0.15, 0.2) is 0 Å². The second kappa shape index (κ2) is 9.34. The van der Waals surface area contributed by atoms with Crippen LogP contribution in [0.25, 0.3) is 0 Å². The summed E-state index contributed by atoms with van der Waals surface area (Å²) in [6, 6.07) is 0.736. The van der Waals surface area contributed by atoms with Crippen LogP contribution in [0.1, 0.15) is 45.4 Å². The highest BCUT2D eigenvalue weighted by Crippen LogP contribution is 2.16. The molecule has 1 aliphatic heterocycles. The molecule has 0 bridgehead atoms. The van der Waals surface area contributed by atoms with Gasteiger partial charge in [-0.1, -0.05) is 13.3 Å². The zero-order valence-electron chi connectivity index (χ0n) is 12.0. The number of hydrogen-bond donors (Lipinski definition) is 2. The standard InChI is InChI=1S/C14H29N3O/c1-3-9-16-14(18)8-11-15-10-7-13-6-4-5-12-17(13)2/h13,15H,3-12H2,1-2H3,(H,16,18). The van der Waals surface area contributed by atoms with Crippen molar-refractivity contribution < 1.29 is 4.79 Å². The average Bonchev–Trinajstić information content (AvgIpc) is 2.38.